The van der Waals surface area contributed by atoms with E-state index in [1.807, 2.05) is 26.0 Å². The Labute approximate surface area is 182 Å². The van der Waals surface area contributed by atoms with Gasteiger partial charge in [0, 0.05) is 36.2 Å². The van der Waals surface area contributed by atoms with Crippen molar-refractivity contribution in [2.24, 2.45) is 0 Å². The average molecular weight is 440 g/mol. The topological polar surface area (TPSA) is 120 Å². The Morgan fingerprint density at radius 1 is 1.19 bits per heavy atom. The number of ether oxygens (including phenoxy) is 1. The minimum atomic E-state index is -3.68. The molecule has 31 heavy (non-hydrogen) atoms. The van der Waals surface area contributed by atoms with E-state index in [0.717, 1.165) is 29.7 Å². The number of nitrogens with zero attached hydrogens (tertiary/aromatic N) is 3. The van der Waals surface area contributed by atoms with Crippen molar-refractivity contribution in [1.82, 2.24) is 19.7 Å². The van der Waals surface area contributed by atoms with Gasteiger partial charge in [0.15, 0.2) is 0 Å². The predicted octanol–water partition coefficient (Wildman–Crippen LogP) is 2.86. The molecule has 2 aromatic heterocycles. The smallest absolute Gasteiger partial charge is 0.240 e. The monoisotopic (exact) mass is 439 g/mol. The molecule has 9 heteroatoms. The molecule has 3 N–H and O–H groups in total. The summed E-state index contributed by atoms with van der Waals surface area (Å²) >= 11 is 0. The summed E-state index contributed by atoms with van der Waals surface area (Å²) in [7, 11) is -3.68. The third-order valence-electron chi connectivity index (χ3n) is 5.29. The molecule has 0 saturated carbocycles. The summed E-state index contributed by atoms with van der Waals surface area (Å²) in [6, 6.07) is 8.68. The lowest BCUT2D eigenvalue weighted by atomic mass is 10.1. The van der Waals surface area contributed by atoms with Crippen molar-refractivity contribution in [2.75, 3.05) is 18.9 Å². The highest BCUT2D eigenvalue weighted by atomic mass is 32.2. The molecule has 0 bridgehead atoms. The zero-order chi connectivity index (χ0) is 22.0. The molecular weight excluding hydrogens is 414 g/mol. The molecule has 4 rings (SSSR count). The standard InChI is InChI=1S/C22H25N5O3S/c1-14-5-6-18(31(28,29)26-12-17-4-3-9-30-17)11-19(14)20-13-25-22(23)21(27-20)16-7-8-24-15(2)10-16/h5-8,10-11,13,17,26H,3-4,9,12H2,1-2H3,(H2,23,25). The van der Waals surface area contributed by atoms with Crippen LogP contribution in [0.5, 0.6) is 0 Å². The van der Waals surface area contributed by atoms with Crippen molar-refractivity contribution in [2.45, 2.75) is 37.7 Å². The van der Waals surface area contributed by atoms with Crippen LogP contribution < -0.4 is 10.5 Å². The molecule has 1 atom stereocenters. The first-order valence-corrected chi connectivity index (χ1v) is 11.6. The van der Waals surface area contributed by atoms with Crippen LogP contribution in [0.4, 0.5) is 5.82 Å². The maximum atomic E-state index is 12.8. The van der Waals surface area contributed by atoms with Gasteiger partial charge in [-0.15, -0.1) is 0 Å². The van der Waals surface area contributed by atoms with E-state index in [2.05, 4.69) is 14.7 Å². The van der Waals surface area contributed by atoms with Gasteiger partial charge in [-0.1, -0.05) is 6.07 Å². The Morgan fingerprint density at radius 3 is 2.77 bits per heavy atom. The molecular formula is C22H25N5O3S. The van der Waals surface area contributed by atoms with Gasteiger partial charge in [0.1, 0.15) is 11.5 Å². The highest BCUT2D eigenvalue weighted by molar-refractivity contribution is 7.89. The number of rotatable bonds is 6. The molecule has 0 amide bonds. The lowest BCUT2D eigenvalue weighted by Crippen LogP contribution is -2.31. The fraction of sp³-hybridized carbons (Fsp3) is 0.318. The SMILES string of the molecule is Cc1cc(-c2nc(-c3cc(S(=O)(=O)NCC4CCCO4)ccc3C)cnc2N)ccn1. The van der Waals surface area contributed by atoms with Gasteiger partial charge in [-0.3, -0.25) is 4.98 Å². The Morgan fingerprint density at radius 2 is 2.03 bits per heavy atom. The van der Waals surface area contributed by atoms with Gasteiger partial charge in [-0.05, 0) is 56.5 Å². The summed E-state index contributed by atoms with van der Waals surface area (Å²) in [6.45, 7) is 4.73. The molecule has 0 spiro atoms. The van der Waals surface area contributed by atoms with E-state index in [1.165, 1.54) is 0 Å². The Bertz CT molecular complexity index is 1210. The number of sulfonamides is 1. The Balaban J connectivity index is 1.68. The molecule has 0 aliphatic carbocycles. The zero-order valence-corrected chi connectivity index (χ0v) is 18.3. The molecule has 1 unspecified atom stereocenters. The maximum absolute atomic E-state index is 12.8. The molecule has 1 fully saturated rings. The number of hydrogen-bond donors (Lipinski definition) is 2. The molecule has 1 aromatic carbocycles. The number of anilines is 1. The molecule has 3 aromatic rings. The summed E-state index contributed by atoms with van der Waals surface area (Å²) in [4.78, 5) is 13.4. The minimum absolute atomic E-state index is 0.0750. The highest BCUT2D eigenvalue weighted by Gasteiger charge is 2.21. The van der Waals surface area contributed by atoms with Crippen molar-refractivity contribution in [3.8, 4) is 22.5 Å². The summed E-state index contributed by atoms with van der Waals surface area (Å²) in [5.41, 5.74) is 10.4. The predicted molar refractivity (Wildman–Crippen MR) is 119 cm³/mol. The van der Waals surface area contributed by atoms with Gasteiger partial charge in [-0.25, -0.2) is 23.1 Å². The van der Waals surface area contributed by atoms with E-state index in [-0.39, 0.29) is 17.5 Å². The third-order valence-corrected chi connectivity index (χ3v) is 6.71. The van der Waals surface area contributed by atoms with Crippen molar-refractivity contribution >= 4 is 15.8 Å². The number of aryl methyl sites for hydroxylation is 2. The first-order chi connectivity index (χ1) is 14.8. The molecule has 0 radical (unpaired) electrons. The molecule has 1 aliphatic heterocycles. The van der Waals surface area contributed by atoms with E-state index in [0.29, 0.717) is 29.4 Å². The highest BCUT2D eigenvalue weighted by Crippen LogP contribution is 2.29. The van der Waals surface area contributed by atoms with E-state index in [9.17, 15) is 8.42 Å². The minimum Gasteiger partial charge on any atom is -0.382 e. The number of pyridine rings is 1. The van der Waals surface area contributed by atoms with Crippen LogP contribution in [-0.2, 0) is 14.8 Å². The van der Waals surface area contributed by atoms with Gasteiger partial charge in [0.05, 0.1) is 22.9 Å². The molecule has 3 heterocycles. The fourth-order valence-corrected chi connectivity index (χ4v) is 4.66. The largest absolute Gasteiger partial charge is 0.382 e. The van der Waals surface area contributed by atoms with Gasteiger partial charge in [0.2, 0.25) is 10.0 Å². The normalized spacial score (nSPS) is 16.5. The van der Waals surface area contributed by atoms with Gasteiger partial charge >= 0.3 is 0 Å². The molecule has 8 nitrogen and oxygen atoms in total. The Kier molecular flexibility index (Phi) is 5.99. The van der Waals surface area contributed by atoms with Crippen LogP contribution in [0.3, 0.4) is 0 Å². The molecule has 1 saturated heterocycles. The van der Waals surface area contributed by atoms with E-state index in [4.69, 9.17) is 15.5 Å². The Hall–Kier alpha value is -2.88. The number of nitrogens with one attached hydrogen (secondary N) is 1. The third kappa shape index (κ3) is 4.73. The van der Waals surface area contributed by atoms with Gasteiger partial charge in [-0.2, -0.15) is 0 Å². The van der Waals surface area contributed by atoms with Crippen molar-refractivity contribution in [3.05, 3.63) is 54.0 Å². The molecule has 1 aliphatic rings. The lowest BCUT2D eigenvalue weighted by Gasteiger charge is -2.14. The van der Waals surface area contributed by atoms with Crippen LogP contribution in [0.25, 0.3) is 22.5 Å². The number of aromatic nitrogens is 3. The van der Waals surface area contributed by atoms with Crippen LogP contribution in [0.1, 0.15) is 24.1 Å². The first-order valence-electron chi connectivity index (χ1n) is 10.1. The number of benzene rings is 1. The molecule has 162 valence electrons. The second-order valence-electron chi connectivity index (χ2n) is 7.64. The fourth-order valence-electron chi connectivity index (χ4n) is 3.57. The van der Waals surface area contributed by atoms with Gasteiger partial charge in [0.25, 0.3) is 0 Å². The number of nitrogens with two attached hydrogens (primary N) is 1. The second kappa shape index (κ2) is 8.70. The van der Waals surface area contributed by atoms with Crippen molar-refractivity contribution < 1.29 is 13.2 Å². The number of hydrogen-bond acceptors (Lipinski definition) is 7. The average Bonchev–Trinajstić information content (AvgIpc) is 3.27. The van der Waals surface area contributed by atoms with E-state index < -0.39 is 10.0 Å². The summed E-state index contributed by atoms with van der Waals surface area (Å²) in [5, 5.41) is 0. The second-order valence-corrected chi connectivity index (χ2v) is 9.41. The van der Waals surface area contributed by atoms with Crippen LogP contribution >= 0.6 is 0 Å². The lowest BCUT2D eigenvalue weighted by molar-refractivity contribution is 0.114. The van der Waals surface area contributed by atoms with Crippen LogP contribution in [0.15, 0.2) is 47.6 Å². The summed E-state index contributed by atoms with van der Waals surface area (Å²) in [5.74, 6) is 0.300. The number of nitrogen functional groups attached to an aromatic ring is 1. The van der Waals surface area contributed by atoms with Crippen molar-refractivity contribution in [3.63, 3.8) is 0 Å². The summed E-state index contributed by atoms with van der Waals surface area (Å²) < 4.78 is 33.8. The quantitative estimate of drug-likeness (QED) is 0.606. The maximum Gasteiger partial charge on any atom is 0.240 e. The van der Waals surface area contributed by atoms with Crippen LogP contribution in [0, 0.1) is 13.8 Å². The van der Waals surface area contributed by atoms with Crippen LogP contribution in [-0.4, -0.2) is 42.6 Å². The summed E-state index contributed by atoms with van der Waals surface area (Å²) in [6.07, 6.45) is 4.99. The first kappa shape index (κ1) is 21.4. The zero-order valence-electron chi connectivity index (χ0n) is 17.5. The van der Waals surface area contributed by atoms with Crippen LogP contribution in [0.2, 0.25) is 0 Å². The van der Waals surface area contributed by atoms with E-state index >= 15 is 0 Å². The van der Waals surface area contributed by atoms with Crippen molar-refractivity contribution in [1.29, 1.82) is 0 Å². The van der Waals surface area contributed by atoms with Gasteiger partial charge < -0.3 is 10.5 Å². The van der Waals surface area contributed by atoms with E-state index in [1.54, 1.807) is 30.6 Å².